The topological polar surface area (TPSA) is 264 Å². The van der Waals surface area contributed by atoms with Gasteiger partial charge in [0.25, 0.3) is 46.2 Å². The van der Waals surface area contributed by atoms with Crippen molar-refractivity contribution in [1.82, 2.24) is 36.8 Å². The van der Waals surface area contributed by atoms with Crippen molar-refractivity contribution in [2.45, 2.75) is 89.5 Å². The molecule has 0 saturated heterocycles. The molecule has 4 aliphatic heterocycles. The van der Waals surface area contributed by atoms with Gasteiger partial charge in [0.15, 0.2) is 11.6 Å². The minimum atomic E-state index is -0.266. The lowest BCUT2D eigenvalue weighted by atomic mass is 10.0. The highest BCUT2D eigenvalue weighted by Gasteiger charge is 2.22. The summed E-state index contributed by atoms with van der Waals surface area (Å²) in [6.45, 7) is 31.5. The Balaban J connectivity index is 0.000000343. The van der Waals surface area contributed by atoms with Gasteiger partial charge in [-0.25, -0.2) is 0 Å². The number of aromatic amines is 3. The molecule has 5 amide bonds. The molecular formula is C39H51N7O11. The molecule has 0 radical (unpaired) electrons. The zero-order chi connectivity index (χ0) is 44.1. The smallest absolute Gasteiger partial charge is 0.283 e. The summed E-state index contributed by atoms with van der Waals surface area (Å²) in [7, 11) is 0. The number of hydrogen-bond acceptors (Lipinski definition) is 11. The van der Waals surface area contributed by atoms with Crippen LogP contribution in [0.25, 0.3) is 0 Å². The van der Waals surface area contributed by atoms with Crippen LogP contribution < -0.4 is 38.1 Å². The standard InChI is InChI=1S/C8H11NO.2C7H9NO2.C6H8N2O2.C6H7NO2.C5H7NO2/c1-5-4-6(2)9-8(10)7(5)3;1-4-5(2)10-6(3)8-7(4)9;1-4-5(2)7(9)8-10-6(4)3;1-3-4(2)6(10)8-7-5(3)9;1-3-4(2)6(9)7-5(3)8;1-3-4(2)8-6-5(3)7/h2,4H2,1,3H3,(H,9,10);2*3H2,1-2H3,(H,8,9);1-2H3,(H,7,9)(H,8,10);1-2H3,(H,7,8,9);1-2H3,(H,6,7). The molecule has 2 aromatic rings. The maximum Gasteiger partial charge on any atom is 0.283 e. The largest absolute Gasteiger partial charge is 0.446 e. The van der Waals surface area contributed by atoms with Gasteiger partial charge in [-0.3, -0.25) is 59.2 Å². The molecule has 18 heteroatoms. The summed E-state index contributed by atoms with van der Waals surface area (Å²) in [5, 5.41) is 13.9. The lowest BCUT2D eigenvalue weighted by molar-refractivity contribution is -0.128. The van der Waals surface area contributed by atoms with Gasteiger partial charge in [-0.1, -0.05) is 18.7 Å². The number of H-pyrrole nitrogens is 3. The third kappa shape index (κ3) is 14.0. The third-order valence-electron chi connectivity index (χ3n) is 8.91. The van der Waals surface area contributed by atoms with Gasteiger partial charge in [0.05, 0.1) is 11.1 Å². The lowest BCUT2D eigenvalue weighted by Gasteiger charge is -2.17. The maximum absolute atomic E-state index is 11.0. The van der Waals surface area contributed by atoms with E-state index in [0.717, 1.165) is 28.8 Å². The van der Waals surface area contributed by atoms with Gasteiger partial charge in [-0.15, -0.1) is 0 Å². The molecule has 18 nitrogen and oxygen atoms in total. The Hall–Kier alpha value is -6.98. The fourth-order valence-electron chi connectivity index (χ4n) is 3.96. The number of carbonyl (C=O) groups is 5. The fourth-order valence-corrected chi connectivity index (χ4v) is 3.96. The first-order chi connectivity index (χ1) is 26.3. The molecule has 4 aliphatic rings. The summed E-state index contributed by atoms with van der Waals surface area (Å²) in [4.78, 5) is 90.7. The Morgan fingerprint density at radius 1 is 0.491 bits per heavy atom. The number of imide groups is 1. The number of aryl methyl sites for hydroxylation is 1. The first-order valence-corrected chi connectivity index (χ1v) is 17.1. The molecule has 6 heterocycles. The van der Waals surface area contributed by atoms with Crippen LogP contribution in [0.2, 0.25) is 0 Å². The van der Waals surface area contributed by atoms with E-state index >= 15 is 0 Å². The zero-order valence-electron chi connectivity index (χ0n) is 34.3. The van der Waals surface area contributed by atoms with Crippen molar-refractivity contribution in [3.63, 3.8) is 0 Å². The van der Waals surface area contributed by atoms with Gasteiger partial charge in [0, 0.05) is 51.1 Å². The van der Waals surface area contributed by atoms with Crippen LogP contribution in [0.4, 0.5) is 0 Å². The van der Waals surface area contributed by atoms with Crippen LogP contribution in [0.5, 0.6) is 0 Å². The summed E-state index contributed by atoms with van der Waals surface area (Å²) in [5.41, 5.74) is 9.09. The summed E-state index contributed by atoms with van der Waals surface area (Å²) in [6, 6.07) is 0. The summed E-state index contributed by atoms with van der Waals surface area (Å²) >= 11 is 0. The number of hydrogen-bond donors (Lipinski definition) is 7. The number of aromatic nitrogens is 3. The fraction of sp³-hybridized carbons (Fsp3) is 0.333. The molecule has 308 valence electrons. The van der Waals surface area contributed by atoms with E-state index in [0.29, 0.717) is 62.1 Å². The first kappa shape index (κ1) is 48.0. The predicted molar refractivity (Wildman–Crippen MR) is 211 cm³/mol. The number of nitrogens with one attached hydrogen (secondary N) is 7. The van der Waals surface area contributed by atoms with Crippen LogP contribution >= 0.6 is 0 Å². The second-order valence-corrected chi connectivity index (χ2v) is 12.9. The Kier molecular flexibility index (Phi) is 17.9. The molecule has 0 bridgehead atoms. The molecule has 0 saturated carbocycles. The Bertz CT molecular complexity index is 2170. The number of ether oxygens (including phenoxy) is 1. The Morgan fingerprint density at radius 2 is 0.947 bits per heavy atom. The minimum absolute atomic E-state index is 0.00579. The van der Waals surface area contributed by atoms with Crippen molar-refractivity contribution in [3.8, 4) is 0 Å². The molecule has 0 spiro atoms. The maximum atomic E-state index is 11.0. The van der Waals surface area contributed by atoms with Crippen molar-refractivity contribution in [1.29, 1.82) is 0 Å². The molecule has 6 rings (SSSR count). The van der Waals surface area contributed by atoms with Gasteiger partial charge in [0.1, 0.15) is 11.5 Å². The number of carbonyl (C=O) groups excluding carboxylic acids is 5. The van der Waals surface area contributed by atoms with Crippen LogP contribution in [0.3, 0.4) is 0 Å². The van der Waals surface area contributed by atoms with Crippen LogP contribution in [0.1, 0.15) is 84.3 Å². The molecule has 2 aromatic heterocycles. The SMILES string of the molecule is C=C1CC(C)=C(C)C(=O)N1.C=C1NC(=O)C(C)=C(C)O1.C=C1ONC(=O)C(C)=C1C.CC1=C(C)C(=O)NC1=O.Cc1c(C)c(=O)[nH][nH]c1=O.Cc1o[nH]c(=O)c1C. The van der Waals surface area contributed by atoms with Gasteiger partial charge in [-0.05, 0) is 89.7 Å². The van der Waals surface area contributed by atoms with Gasteiger partial charge < -0.3 is 19.4 Å². The van der Waals surface area contributed by atoms with Crippen molar-refractivity contribution >= 4 is 29.5 Å². The molecule has 0 atom stereocenters. The number of allylic oxidation sites excluding steroid dienone is 3. The first-order valence-electron chi connectivity index (χ1n) is 17.1. The second-order valence-electron chi connectivity index (χ2n) is 12.9. The predicted octanol–water partition coefficient (Wildman–Crippen LogP) is 3.40. The molecule has 0 fully saturated rings. The average Bonchev–Trinajstić information content (AvgIpc) is 3.57. The van der Waals surface area contributed by atoms with E-state index in [4.69, 9.17) is 9.57 Å². The molecule has 0 aromatic carbocycles. The van der Waals surface area contributed by atoms with Crippen LogP contribution in [0.15, 0.2) is 101 Å². The van der Waals surface area contributed by atoms with Crippen LogP contribution in [0, 0.1) is 27.7 Å². The molecular weight excluding hydrogens is 742 g/mol. The zero-order valence-corrected chi connectivity index (χ0v) is 34.3. The quantitative estimate of drug-likeness (QED) is 0.190. The molecule has 0 unspecified atom stereocenters. The highest BCUT2D eigenvalue weighted by Crippen LogP contribution is 2.18. The highest BCUT2D eigenvalue weighted by molar-refractivity contribution is 6.18. The number of rotatable bonds is 0. The summed E-state index contributed by atoms with van der Waals surface area (Å²) in [5.74, 6) is 1.23. The van der Waals surface area contributed by atoms with Crippen molar-refractivity contribution in [2.24, 2.45) is 0 Å². The lowest BCUT2D eigenvalue weighted by Crippen LogP contribution is -2.29. The van der Waals surface area contributed by atoms with Crippen molar-refractivity contribution < 1.29 is 38.1 Å². The average molecular weight is 794 g/mol. The van der Waals surface area contributed by atoms with E-state index in [1.54, 1.807) is 69.2 Å². The van der Waals surface area contributed by atoms with Gasteiger partial charge >= 0.3 is 0 Å². The Labute approximate surface area is 328 Å². The second kappa shape index (κ2) is 21.2. The summed E-state index contributed by atoms with van der Waals surface area (Å²) in [6.07, 6.45) is 0.803. The van der Waals surface area contributed by atoms with E-state index in [1.807, 2.05) is 13.8 Å². The molecule has 7 N–H and O–H groups in total. The van der Waals surface area contributed by atoms with Crippen LogP contribution in [-0.4, -0.2) is 44.9 Å². The van der Waals surface area contributed by atoms with E-state index in [-0.39, 0.29) is 46.2 Å². The molecule has 0 aliphatic carbocycles. The van der Waals surface area contributed by atoms with E-state index < -0.39 is 0 Å². The third-order valence-corrected chi connectivity index (χ3v) is 8.91. The van der Waals surface area contributed by atoms with E-state index in [1.165, 1.54) is 0 Å². The van der Waals surface area contributed by atoms with Crippen molar-refractivity contribution in [2.75, 3.05) is 0 Å². The van der Waals surface area contributed by atoms with Crippen LogP contribution in [-0.2, 0) is 33.5 Å². The summed E-state index contributed by atoms with van der Waals surface area (Å²) < 4.78 is 9.68. The monoisotopic (exact) mass is 793 g/mol. The van der Waals surface area contributed by atoms with E-state index in [2.05, 4.69) is 61.0 Å². The molecule has 57 heavy (non-hydrogen) atoms. The minimum Gasteiger partial charge on any atom is -0.446 e. The normalized spacial score (nSPS) is 16.0. The highest BCUT2D eigenvalue weighted by atomic mass is 16.7. The Morgan fingerprint density at radius 3 is 1.30 bits per heavy atom. The number of amides is 5. The van der Waals surface area contributed by atoms with Gasteiger partial charge in [-0.2, -0.15) is 10.6 Å². The number of hydroxylamine groups is 1. The van der Waals surface area contributed by atoms with E-state index in [9.17, 15) is 38.4 Å². The van der Waals surface area contributed by atoms with Gasteiger partial charge in [0.2, 0.25) is 0 Å². The van der Waals surface area contributed by atoms with Crippen molar-refractivity contribution in [3.05, 3.63) is 135 Å².